The zero-order chi connectivity index (χ0) is 23.3. The van der Waals surface area contributed by atoms with E-state index in [0.717, 1.165) is 4.90 Å². The highest BCUT2D eigenvalue weighted by molar-refractivity contribution is 5.97. The number of carbonyl (C=O) groups is 3. The maximum atomic E-state index is 12.4. The van der Waals surface area contributed by atoms with Crippen LogP contribution in [0.3, 0.4) is 0 Å². The van der Waals surface area contributed by atoms with Gasteiger partial charge in [0.1, 0.15) is 17.5 Å². The monoisotopic (exact) mass is 452 g/mol. The topological polar surface area (TPSA) is 105 Å². The van der Waals surface area contributed by atoms with Crippen molar-refractivity contribution in [2.45, 2.75) is 24.9 Å². The van der Waals surface area contributed by atoms with E-state index in [-0.39, 0.29) is 5.56 Å². The fourth-order valence-electron chi connectivity index (χ4n) is 3.24. The minimum atomic E-state index is -4.95. The molecule has 2 N–H and O–H groups in total. The van der Waals surface area contributed by atoms with Gasteiger partial charge in [0.25, 0.3) is 5.91 Å². The summed E-state index contributed by atoms with van der Waals surface area (Å²) < 4.78 is 46.7. The molecule has 1 aliphatic rings. The Kier molecular flexibility index (Phi) is 6.98. The lowest BCUT2D eigenvalue weighted by molar-refractivity contribution is -0.340. The normalized spacial score (nSPS) is 18.3. The molecule has 0 bridgehead atoms. The first kappa shape index (κ1) is 23.1. The molecule has 11 heteroatoms. The predicted molar refractivity (Wildman–Crippen MR) is 104 cm³/mol. The van der Waals surface area contributed by atoms with Gasteiger partial charge >= 0.3 is 12.3 Å². The van der Waals surface area contributed by atoms with E-state index in [1.165, 1.54) is 12.1 Å². The molecule has 0 aliphatic carbocycles. The van der Waals surface area contributed by atoms with Gasteiger partial charge in [0, 0.05) is 18.5 Å². The molecule has 0 spiro atoms. The van der Waals surface area contributed by atoms with Crippen LogP contribution in [0.4, 0.5) is 13.2 Å². The summed E-state index contributed by atoms with van der Waals surface area (Å²) in [6.07, 6.45) is -6.94. The van der Waals surface area contributed by atoms with Gasteiger partial charge < -0.3 is 20.1 Å². The van der Waals surface area contributed by atoms with Gasteiger partial charge in [0.05, 0.1) is 12.6 Å². The van der Waals surface area contributed by atoms with Crippen molar-refractivity contribution >= 4 is 17.8 Å². The van der Waals surface area contributed by atoms with E-state index in [1.807, 2.05) is 6.07 Å². The number of carboxylic acids is 1. The first-order valence-corrected chi connectivity index (χ1v) is 9.50. The Hall–Kier alpha value is -3.60. The highest BCUT2D eigenvalue weighted by Crippen LogP contribution is 2.27. The molecule has 2 amide bonds. The van der Waals surface area contributed by atoms with Gasteiger partial charge in [-0.25, -0.2) is 4.79 Å². The quantitative estimate of drug-likeness (QED) is 0.670. The second kappa shape index (κ2) is 9.69. The summed E-state index contributed by atoms with van der Waals surface area (Å²) >= 11 is 0. The SMILES string of the molecule is O=C(NCC(=O)N1C[C@H](OC(F)(F)F)C[C@H]1C(=O)O)c1ccc(Oc2ccccc2)cc1. The predicted octanol–water partition coefficient (Wildman–Crippen LogP) is 2.80. The van der Waals surface area contributed by atoms with Crippen molar-refractivity contribution in [3.05, 3.63) is 60.2 Å². The smallest absolute Gasteiger partial charge is 0.480 e. The summed E-state index contributed by atoms with van der Waals surface area (Å²) in [6, 6.07) is 13.6. The number of benzene rings is 2. The summed E-state index contributed by atoms with van der Waals surface area (Å²) in [5, 5.41) is 11.5. The minimum Gasteiger partial charge on any atom is -0.480 e. The van der Waals surface area contributed by atoms with Crippen LogP contribution in [0.2, 0.25) is 0 Å². The molecule has 0 aromatic heterocycles. The zero-order valence-electron chi connectivity index (χ0n) is 16.5. The van der Waals surface area contributed by atoms with Gasteiger partial charge in [0.15, 0.2) is 0 Å². The molecule has 1 saturated heterocycles. The summed E-state index contributed by atoms with van der Waals surface area (Å²) in [5.41, 5.74) is 0.215. The molecule has 1 heterocycles. The number of likely N-dealkylation sites (tertiary alicyclic amines) is 1. The third-order valence-electron chi connectivity index (χ3n) is 4.66. The lowest BCUT2D eigenvalue weighted by atomic mass is 10.2. The summed E-state index contributed by atoms with van der Waals surface area (Å²) in [4.78, 5) is 36.7. The number of hydrogen-bond donors (Lipinski definition) is 2. The number of carbonyl (C=O) groups excluding carboxylic acids is 2. The van der Waals surface area contributed by atoms with Gasteiger partial charge in [-0.2, -0.15) is 0 Å². The molecule has 0 radical (unpaired) electrons. The Morgan fingerprint density at radius 1 is 1.03 bits per heavy atom. The molecule has 2 aromatic rings. The molecular weight excluding hydrogens is 433 g/mol. The van der Waals surface area contributed by atoms with E-state index in [9.17, 15) is 32.7 Å². The van der Waals surface area contributed by atoms with Crippen molar-refractivity contribution < 1.29 is 42.1 Å². The zero-order valence-corrected chi connectivity index (χ0v) is 16.5. The number of carboxylic acid groups (broad SMARTS) is 1. The maximum absolute atomic E-state index is 12.4. The van der Waals surface area contributed by atoms with Crippen molar-refractivity contribution in [2.24, 2.45) is 0 Å². The maximum Gasteiger partial charge on any atom is 0.522 e. The number of amides is 2. The van der Waals surface area contributed by atoms with Crippen LogP contribution in [-0.4, -0.2) is 59.4 Å². The van der Waals surface area contributed by atoms with E-state index >= 15 is 0 Å². The van der Waals surface area contributed by atoms with Gasteiger partial charge in [-0.3, -0.25) is 14.3 Å². The Morgan fingerprint density at radius 3 is 2.25 bits per heavy atom. The summed E-state index contributed by atoms with van der Waals surface area (Å²) in [7, 11) is 0. The number of ether oxygens (including phenoxy) is 2. The van der Waals surface area contributed by atoms with Crippen molar-refractivity contribution in [1.82, 2.24) is 10.2 Å². The van der Waals surface area contributed by atoms with Crippen LogP contribution in [0.5, 0.6) is 11.5 Å². The molecule has 2 aromatic carbocycles. The highest BCUT2D eigenvalue weighted by atomic mass is 19.4. The molecule has 1 aliphatic heterocycles. The molecular formula is C21H19F3N2O6. The standard InChI is InChI=1S/C21H19F3N2O6/c22-21(23,24)32-16-10-17(20(29)30)26(12-16)18(27)11-25-19(28)13-6-8-15(9-7-13)31-14-4-2-1-3-5-14/h1-9,16-17H,10-12H2,(H,25,28)(H,29,30)/t16-,17+/m1/s1. The van der Waals surface area contributed by atoms with Crippen molar-refractivity contribution in [1.29, 1.82) is 0 Å². The van der Waals surface area contributed by atoms with E-state index in [1.54, 1.807) is 36.4 Å². The number of halogens is 3. The number of alkyl halides is 3. The first-order chi connectivity index (χ1) is 15.1. The molecule has 0 saturated carbocycles. The number of para-hydroxylation sites is 1. The van der Waals surface area contributed by atoms with Gasteiger partial charge in [-0.05, 0) is 36.4 Å². The fourth-order valence-corrected chi connectivity index (χ4v) is 3.24. The molecule has 170 valence electrons. The lowest BCUT2D eigenvalue weighted by Gasteiger charge is -2.21. The number of nitrogens with zero attached hydrogens (tertiary/aromatic N) is 1. The largest absolute Gasteiger partial charge is 0.522 e. The third-order valence-corrected chi connectivity index (χ3v) is 4.66. The van der Waals surface area contributed by atoms with Crippen LogP contribution < -0.4 is 10.1 Å². The van der Waals surface area contributed by atoms with Gasteiger partial charge in [0.2, 0.25) is 5.91 Å². The van der Waals surface area contributed by atoms with E-state index < -0.39 is 55.8 Å². The Morgan fingerprint density at radius 2 is 1.66 bits per heavy atom. The fraction of sp³-hybridized carbons (Fsp3) is 0.286. The minimum absolute atomic E-state index is 0.215. The van der Waals surface area contributed by atoms with Gasteiger partial charge in [-0.15, -0.1) is 13.2 Å². The molecule has 0 unspecified atom stereocenters. The average Bonchev–Trinajstić information content (AvgIpc) is 3.15. The van der Waals surface area contributed by atoms with Crippen LogP contribution in [0.25, 0.3) is 0 Å². The number of nitrogens with one attached hydrogen (secondary N) is 1. The van der Waals surface area contributed by atoms with Crippen LogP contribution >= 0.6 is 0 Å². The summed E-state index contributed by atoms with van der Waals surface area (Å²) in [5.74, 6) is -1.80. The average molecular weight is 452 g/mol. The van der Waals surface area contributed by atoms with Crippen molar-refractivity contribution in [3.8, 4) is 11.5 Å². The first-order valence-electron chi connectivity index (χ1n) is 9.50. The lowest BCUT2D eigenvalue weighted by Crippen LogP contribution is -2.45. The van der Waals surface area contributed by atoms with E-state index in [4.69, 9.17) is 4.74 Å². The number of hydrogen-bond acceptors (Lipinski definition) is 5. The Balaban J connectivity index is 1.55. The van der Waals surface area contributed by atoms with Crippen LogP contribution in [0, 0.1) is 0 Å². The second-order valence-electron chi connectivity index (χ2n) is 6.94. The van der Waals surface area contributed by atoms with E-state index in [2.05, 4.69) is 10.1 Å². The number of rotatable bonds is 7. The molecule has 3 rings (SSSR count). The van der Waals surface area contributed by atoms with Gasteiger partial charge in [-0.1, -0.05) is 18.2 Å². The third kappa shape index (κ3) is 6.20. The second-order valence-corrected chi connectivity index (χ2v) is 6.94. The molecule has 2 atom stereocenters. The van der Waals surface area contributed by atoms with Crippen molar-refractivity contribution in [3.63, 3.8) is 0 Å². The Bertz CT molecular complexity index is 966. The Labute approximate surface area is 180 Å². The number of aliphatic carboxylic acids is 1. The van der Waals surface area contributed by atoms with Crippen LogP contribution in [0.15, 0.2) is 54.6 Å². The molecule has 1 fully saturated rings. The highest BCUT2D eigenvalue weighted by Gasteiger charge is 2.44. The van der Waals surface area contributed by atoms with Crippen molar-refractivity contribution in [2.75, 3.05) is 13.1 Å². The molecule has 32 heavy (non-hydrogen) atoms. The summed E-state index contributed by atoms with van der Waals surface area (Å²) in [6.45, 7) is -1.12. The van der Waals surface area contributed by atoms with Crippen LogP contribution in [0.1, 0.15) is 16.8 Å². The van der Waals surface area contributed by atoms with Crippen LogP contribution in [-0.2, 0) is 14.3 Å². The van der Waals surface area contributed by atoms with E-state index in [0.29, 0.717) is 11.5 Å². The molecule has 8 nitrogen and oxygen atoms in total.